The number of thioether (sulfide) groups is 1. The van der Waals surface area contributed by atoms with Crippen molar-refractivity contribution in [2.24, 2.45) is 0 Å². The van der Waals surface area contributed by atoms with Crippen molar-refractivity contribution >= 4 is 39.8 Å². The van der Waals surface area contributed by atoms with E-state index < -0.39 is 5.54 Å². The number of anilines is 2. The van der Waals surface area contributed by atoms with Gasteiger partial charge in [0.2, 0.25) is 11.0 Å². The highest BCUT2D eigenvalue weighted by atomic mass is 32.2. The summed E-state index contributed by atoms with van der Waals surface area (Å²) in [6.45, 7) is 4.11. The van der Waals surface area contributed by atoms with E-state index >= 15 is 0 Å². The topological polar surface area (TPSA) is 90.7 Å². The van der Waals surface area contributed by atoms with Crippen molar-refractivity contribution in [1.82, 2.24) is 15.5 Å². The van der Waals surface area contributed by atoms with Crippen molar-refractivity contribution in [3.63, 3.8) is 0 Å². The lowest BCUT2D eigenvalue weighted by molar-refractivity contribution is -0.120. The smallest absolute Gasteiger partial charge is 0.231 e. The van der Waals surface area contributed by atoms with Crippen LogP contribution >= 0.6 is 23.1 Å². The second-order valence-electron chi connectivity index (χ2n) is 6.91. The number of nitriles is 1. The van der Waals surface area contributed by atoms with Crippen LogP contribution in [0.3, 0.4) is 0 Å². The minimum Gasteiger partial charge on any atom is -0.337 e. The summed E-state index contributed by atoms with van der Waals surface area (Å²) >= 11 is 2.77. The number of aromatic nitrogens is 2. The molecule has 0 bridgehead atoms. The Morgan fingerprint density at radius 2 is 2.07 bits per heavy atom. The van der Waals surface area contributed by atoms with Crippen LogP contribution in [0.25, 0.3) is 0 Å². The molecule has 8 heteroatoms. The third kappa shape index (κ3) is 5.21. The van der Waals surface area contributed by atoms with E-state index in [1.54, 1.807) is 0 Å². The van der Waals surface area contributed by atoms with Crippen LogP contribution in [0.2, 0.25) is 0 Å². The van der Waals surface area contributed by atoms with Gasteiger partial charge in [0.25, 0.3) is 0 Å². The van der Waals surface area contributed by atoms with E-state index in [-0.39, 0.29) is 11.7 Å². The molecule has 0 aliphatic heterocycles. The van der Waals surface area contributed by atoms with Crippen molar-refractivity contribution < 1.29 is 4.79 Å². The van der Waals surface area contributed by atoms with Crippen molar-refractivity contribution in [2.45, 2.75) is 55.8 Å². The fourth-order valence-electron chi connectivity index (χ4n) is 3.24. The van der Waals surface area contributed by atoms with Crippen molar-refractivity contribution in [1.29, 1.82) is 5.26 Å². The second kappa shape index (κ2) is 8.72. The Kier molecular flexibility index (Phi) is 6.34. The molecule has 1 aromatic carbocycles. The standard InChI is InChI=1S/C19H23N5OS2/c1-13-6-7-15(14(2)10-13)21-17-23-24-18(27-17)26-11-16(25)22-19(12-20)8-4-3-5-9-19/h6-7,10H,3-5,8-9,11H2,1-2H3,(H,21,23)(H,22,25). The summed E-state index contributed by atoms with van der Waals surface area (Å²) in [7, 11) is 0. The quantitative estimate of drug-likeness (QED) is 0.700. The molecule has 1 aliphatic carbocycles. The lowest BCUT2D eigenvalue weighted by Crippen LogP contribution is -2.49. The van der Waals surface area contributed by atoms with E-state index in [2.05, 4.69) is 39.9 Å². The highest BCUT2D eigenvalue weighted by Gasteiger charge is 2.33. The Morgan fingerprint density at radius 3 is 2.78 bits per heavy atom. The molecule has 1 aromatic heterocycles. The molecule has 0 unspecified atom stereocenters. The number of carbonyl (C=O) groups is 1. The first-order valence-corrected chi connectivity index (χ1v) is 10.8. The highest BCUT2D eigenvalue weighted by Crippen LogP contribution is 2.30. The average molecular weight is 402 g/mol. The maximum absolute atomic E-state index is 12.3. The summed E-state index contributed by atoms with van der Waals surface area (Å²) in [5.74, 6) is 0.115. The van der Waals surface area contributed by atoms with Gasteiger partial charge in [-0.25, -0.2) is 0 Å². The van der Waals surface area contributed by atoms with Gasteiger partial charge in [0.1, 0.15) is 5.54 Å². The summed E-state index contributed by atoms with van der Waals surface area (Å²) in [4.78, 5) is 12.3. The Bertz CT molecular complexity index is 852. The van der Waals surface area contributed by atoms with Crippen molar-refractivity contribution in [3.8, 4) is 6.07 Å². The molecule has 27 heavy (non-hydrogen) atoms. The zero-order chi connectivity index (χ0) is 19.3. The number of aryl methyl sites for hydroxylation is 2. The normalized spacial score (nSPS) is 15.7. The van der Waals surface area contributed by atoms with Gasteiger partial charge in [-0.15, -0.1) is 10.2 Å². The summed E-state index contributed by atoms with van der Waals surface area (Å²) in [5.41, 5.74) is 2.67. The van der Waals surface area contributed by atoms with Crippen molar-refractivity contribution in [2.75, 3.05) is 11.1 Å². The fraction of sp³-hybridized carbons (Fsp3) is 0.474. The molecule has 1 amide bonds. The molecular formula is C19H23N5OS2. The number of rotatable bonds is 6. The number of nitrogens with zero attached hydrogens (tertiary/aromatic N) is 3. The number of hydrogen-bond acceptors (Lipinski definition) is 7. The fourth-order valence-corrected chi connectivity index (χ4v) is 4.80. The summed E-state index contributed by atoms with van der Waals surface area (Å²) < 4.78 is 0.729. The molecule has 0 spiro atoms. The monoisotopic (exact) mass is 401 g/mol. The van der Waals surface area contributed by atoms with Gasteiger partial charge >= 0.3 is 0 Å². The first-order chi connectivity index (χ1) is 13.0. The maximum Gasteiger partial charge on any atom is 0.231 e. The first-order valence-electron chi connectivity index (χ1n) is 9.02. The molecule has 1 heterocycles. The average Bonchev–Trinajstić information content (AvgIpc) is 3.11. The van der Waals surface area contributed by atoms with Crippen LogP contribution in [0.5, 0.6) is 0 Å². The molecule has 1 saturated carbocycles. The first kappa shape index (κ1) is 19.6. The second-order valence-corrected chi connectivity index (χ2v) is 9.11. The van der Waals surface area contributed by atoms with Gasteiger partial charge in [-0.05, 0) is 38.3 Å². The molecule has 0 atom stereocenters. The van der Waals surface area contributed by atoms with Crippen LogP contribution in [0.1, 0.15) is 43.2 Å². The molecule has 2 aromatic rings. The lowest BCUT2D eigenvalue weighted by atomic mass is 9.83. The summed E-state index contributed by atoms with van der Waals surface area (Å²) in [5, 5.41) is 24.7. The predicted octanol–water partition coefficient (Wildman–Crippen LogP) is 4.33. The van der Waals surface area contributed by atoms with Crippen LogP contribution < -0.4 is 10.6 Å². The third-order valence-electron chi connectivity index (χ3n) is 4.66. The van der Waals surface area contributed by atoms with Gasteiger partial charge < -0.3 is 10.6 Å². The van der Waals surface area contributed by atoms with Gasteiger partial charge in [-0.1, -0.05) is 60.1 Å². The molecule has 1 aliphatic rings. The number of nitrogens with one attached hydrogen (secondary N) is 2. The van der Waals surface area contributed by atoms with Gasteiger partial charge in [0, 0.05) is 5.69 Å². The Morgan fingerprint density at radius 1 is 1.30 bits per heavy atom. The Labute approximate surface area is 167 Å². The molecule has 142 valence electrons. The van der Waals surface area contributed by atoms with Gasteiger partial charge in [-0.3, -0.25) is 4.79 Å². The third-order valence-corrected chi connectivity index (χ3v) is 6.63. The van der Waals surface area contributed by atoms with Crippen molar-refractivity contribution in [3.05, 3.63) is 29.3 Å². The molecular weight excluding hydrogens is 378 g/mol. The van der Waals surface area contributed by atoms with Gasteiger partial charge in [0.15, 0.2) is 4.34 Å². The molecule has 0 radical (unpaired) electrons. The summed E-state index contributed by atoms with van der Waals surface area (Å²) in [6.07, 6.45) is 4.59. The van der Waals surface area contributed by atoms with E-state index in [1.807, 2.05) is 19.1 Å². The molecule has 0 saturated heterocycles. The Hall–Kier alpha value is -2.11. The van der Waals surface area contributed by atoms with E-state index in [0.29, 0.717) is 5.13 Å². The van der Waals surface area contributed by atoms with Gasteiger partial charge in [0.05, 0.1) is 11.8 Å². The van der Waals surface area contributed by atoms with Crippen LogP contribution in [-0.2, 0) is 4.79 Å². The maximum atomic E-state index is 12.3. The number of benzene rings is 1. The number of carbonyl (C=O) groups excluding carboxylic acids is 1. The van der Waals surface area contributed by atoms with Crippen LogP contribution in [-0.4, -0.2) is 27.4 Å². The van der Waals surface area contributed by atoms with Crippen LogP contribution in [0.4, 0.5) is 10.8 Å². The zero-order valence-electron chi connectivity index (χ0n) is 15.5. The number of hydrogen-bond donors (Lipinski definition) is 2. The van der Waals surface area contributed by atoms with E-state index in [4.69, 9.17) is 0 Å². The zero-order valence-corrected chi connectivity index (χ0v) is 17.2. The largest absolute Gasteiger partial charge is 0.337 e. The minimum atomic E-state index is -0.688. The molecule has 6 nitrogen and oxygen atoms in total. The SMILES string of the molecule is Cc1ccc(Nc2nnc(SCC(=O)NC3(C#N)CCCCC3)s2)c(C)c1. The van der Waals surface area contributed by atoms with Gasteiger partial charge in [-0.2, -0.15) is 5.26 Å². The summed E-state index contributed by atoms with van der Waals surface area (Å²) in [6, 6.07) is 8.50. The lowest BCUT2D eigenvalue weighted by Gasteiger charge is -2.31. The molecule has 1 fully saturated rings. The predicted molar refractivity (Wildman–Crippen MR) is 109 cm³/mol. The van der Waals surface area contributed by atoms with Crippen LogP contribution in [0, 0.1) is 25.2 Å². The van der Waals surface area contributed by atoms with E-state index in [0.717, 1.165) is 47.7 Å². The minimum absolute atomic E-state index is 0.123. The number of amides is 1. The van der Waals surface area contributed by atoms with E-state index in [1.165, 1.54) is 28.7 Å². The van der Waals surface area contributed by atoms with Crippen LogP contribution in [0.15, 0.2) is 22.5 Å². The Balaban J connectivity index is 1.53. The van der Waals surface area contributed by atoms with E-state index in [9.17, 15) is 10.1 Å². The molecule has 2 N–H and O–H groups in total. The highest BCUT2D eigenvalue weighted by molar-refractivity contribution is 8.01. The molecule has 3 rings (SSSR count).